The zero-order valence-electron chi connectivity index (χ0n) is 16.6. The van der Waals surface area contributed by atoms with E-state index in [9.17, 15) is 4.79 Å². The highest BCUT2D eigenvalue weighted by Gasteiger charge is 2.27. The number of amides is 1. The van der Waals surface area contributed by atoms with Crippen molar-refractivity contribution in [2.75, 3.05) is 13.1 Å². The minimum Gasteiger partial charge on any atom is -0.349 e. The first-order valence-corrected chi connectivity index (χ1v) is 10.1. The Balaban J connectivity index is 1.39. The monoisotopic (exact) mass is 376 g/mol. The van der Waals surface area contributed by atoms with Crippen molar-refractivity contribution in [3.63, 3.8) is 0 Å². The summed E-state index contributed by atoms with van der Waals surface area (Å²) in [7, 11) is 2.07. The number of fused-ring (bicyclic) bond motifs is 1. The van der Waals surface area contributed by atoms with Crippen LogP contribution in [0.2, 0.25) is 0 Å². The van der Waals surface area contributed by atoms with E-state index < -0.39 is 0 Å². The fourth-order valence-electron chi connectivity index (χ4n) is 4.11. The third-order valence-corrected chi connectivity index (χ3v) is 5.78. The molecule has 0 saturated carbocycles. The van der Waals surface area contributed by atoms with Gasteiger partial charge in [-0.3, -0.25) is 9.69 Å². The second kappa shape index (κ2) is 8.15. The van der Waals surface area contributed by atoms with Crippen LogP contribution in [0, 0.1) is 5.92 Å². The van der Waals surface area contributed by atoms with Crippen LogP contribution < -0.4 is 5.32 Å². The van der Waals surface area contributed by atoms with Crippen molar-refractivity contribution < 1.29 is 4.79 Å². The maximum absolute atomic E-state index is 12.8. The number of aromatic nitrogens is 2. The smallest absolute Gasteiger partial charge is 0.224 e. The summed E-state index contributed by atoms with van der Waals surface area (Å²) in [5, 5.41) is 3.20. The number of carbonyl (C=O) groups is 1. The summed E-state index contributed by atoms with van der Waals surface area (Å²) < 4.78 is 2.16. The fraction of sp³-hybridized carbons (Fsp3) is 0.391. The van der Waals surface area contributed by atoms with Crippen LogP contribution in [-0.2, 0) is 18.4 Å². The van der Waals surface area contributed by atoms with Crippen LogP contribution >= 0.6 is 0 Å². The van der Waals surface area contributed by atoms with E-state index in [-0.39, 0.29) is 17.9 Å². The Bertz CT molecular complexity index is 950. The van der Waals surface area contributed by atoms with E-state index >= 15 is 0 Å². The molecule has 0 radical (unpaired) electrons. The van der Waals surface area contributed by atoms with Gasteiger partial charge in [0, 0.05) is 13.6 Å². The molecule has 0 spiro atoms. The lowest BCUT2D eigenvalue weighted by atomic mass is 9.96. The summed E-state index contributed by atoms with van der Waals surface area (Å²) in [4.78, 5) is 20.0. The Labute approximate surface area is 166 Å². The predicted molar refractivity (Wildman–Crippen MR) is 112 cm³/mol. The summed E-state index contributed by atoms with van der Waals surface area (Å²) in [5.41, 5.74) is 3.33. The second-order valence-electron chi connectivity index (χ2n) is 7.79. The molecular weight excluding hydrogens is 348 g/mol. The van der Waals surface area contributed by atoms with Gasteiger partial charge in [0.05, 0.1) is 29.5 Å². The number of piperidine rings is 1. The first-order valence-electron chi connectivity index (χ1n) is 10.1. The number of aryl methyl sites for hydroxylation is 1. The van der Waals surface area contributed by atoms with Crippen molar-refractivity contribution in [2.45, 2.75) is 32.4 Å². The van der Waals surface area contributed by atoms with Gasteiger partial charge in [0.25, 0.3) is 0 Å². The van der Waals surface area contributed by atoms with Gasteiger partial charge in [-0.25, -0.2) is 4.98 Å². The van der Waals surface area contributed by atoms with Crippen LogP contribution in [0.1, 0.15) is 37.2 Å². The highest BCUT2D eigenvalue weighted by atomic mass is 16.2. The molecule has 1 fully saturated rings. The van der Waals surface area contributed by atoms with E-state index in [1.165, 1.54) is 0 Å². The molecule has 1 amide bonds. The van der Waals surface area contributed by atoms with E-state index in [0.29, 0.717) is 0 Å². The molecule has 146 valence electrons. The minimum absolute atomic E-state index is 0.0314. The largest absolute Gasteiger partial charge is 0.349 e. The number of nitrogens with one attached hydrogen (secondary N) is 1. The van der Waals surface area contributed by atoms with Crippen LogP contribution in [0.25, 0.3) is 11.0 Å². The zero-order valence-corrected chi connectivity index (χ0v) is 16.6. The number of nitrogens with zero attached hydrogens (tertiary/aromatic N) is 3. The van der Waals surface area contributed by atoms with Gasteiger partial charge in [-0.15, -0.1) is 0 Å². The number of carbonyl (C=O) groups excluding carboxylic acids is 1. The Kier molecular flexibility index (Phi) is 5.44. The van der Waals surface area contributed by atoms with Gasteiger partial charge in [-0.1, -0.05) is 42.5 Å². The average Bonchev–Trinajstić information content (AvgIpc) is 3.04. The minimum atomic E-state index is 0.0314. The highest BCUT2D eigenvalue weighted by Crippen LogP contribution is 2.22. The summed E-state index contributed by atoms with van der Waals surface area (Å²) in [6.07, 6.45) is 1.99. The molecule has 1 N–H and O–H groups in total. The second-order valence-corrected chi connectivity index (χ2v) is 7.79. The van der Waals surface area contributed by atoms with E-state index in [0.717, 1.165) is 54.9 Å². The third-order valence-electron chi connectivity index (χ3n) is 5.78. The van der Waals surface area contributed by atoms with Crippen molar-refractivity contribution in [3.8, 4) is 0 Å². The van der Waals surface area contributed by atoms with Crippen molar-refractivity contribution in [1.82, 2.24) is 19.8 Å². The molecule has 0 unspecified atom stereocenters. The molecule has 2 atom stereocenters. The van der Waals surface area contributed by atoms with Gasteiger partial charge in [0.2, 0.25) is 5.91 Å². The summed E-state index contributed by atoms with van der Waals surface area (Å²) in [6, 6.07) is 18.4. The number of benzene rings is 2. The lowest BCUT2D eigenvalue weighted by molar-refractivity contribution is -0.127. The number of imidazole rings is 1. The predicted octanol–water partition coefficient (Wildman–Crippen LogP) is 3.66. The first kappa shape index (κ1) is 18.7. The fourth-order valence-corrected chi connectivity index (χ4v) is 4.11. The maximum atomic E-state index is 12.8. The maximum Gasteiger partial charge on any atom is 0.224 e. The van der Waals surface area contributed by atoms with Crippen LogP contribution in [0.3, 0.4) is 0 Å². The van der Waals surface area contributed by atoms with Crippen molar-refractivity contribution in [1.29, 1.82) is 0 Å². The zero-order chi connectivity index (χ0) is 19.5. The Morgan fingerprint density at radius 3 is 2.71 bits per heavy atom. The number of hydrogen-bond acceptors (Lipinski definition) is 3. The highest BCUT2D eigenvalue weighted by molar-refractivity contribution is 5.79. The Hall–Kier alpha value is -2.66. The van der Waals surface area contributed by atoms with Gasteiger partial charge in [0.1, 0.15) is 5.82 Å². The van der Waals surface area contributed by atoms with Crippen LogP contribution in [-0.4, -0.2) is 33.4 Å². The van der Waals surface area contributed by atoms with Crippen LogP contribution in [0.4, 0.5) is 0 Å². The molecule has 2 aromatic carbocycles. The summed E-state index contributed by atoms with van der Waals surface area (Å²) >= 11 is 0. The SMILES string of the molecule is C[C@@H](NC(=O)[C@H]1CCCN(Cc2nc3ccccc3n2C)C1)c1ccccc1. The molecule has 3 aromatic rings. The number of para-hydroxylation sites is 2. The molecule has 5 heteroatoms. The standard InChI is InChI=1S/C23H28N4O/c1-17(18-9-4-3-5-10-18)24-23(28)19-11-8-14-27(15-19)16-22-25-20-12-6-7-13-21(20)26(22)2/h3-7,9-10,12-13,17,19H,8,11,14-16H2,1-2H3,(H,24,28)/t17-,19+/m1/s1. The molecule has 1 aliphatic rings. The Morgan fingerprint density at radius 1 is 1.18 bits per heavy atom. The normalized spacial score (nSPS) is 18.9. The molecule has 5 nitrogen and oxygen atoms in total. The molecule has 0 aliphatic carbocycles. The van der Waals surface area contributed by atoms with Crippen LogP contribution in [0.15, 0.2) is 54.6 Å². The molecule has 4 rings (SSSR count). The molecule has 1 saturated heterocycles. The average molecular weight is 377 g/mol. The molecule has 2 heterocycles. The third kappa shape index (κ3) is 3.94. The molecule has 1 aliphatic heterocycles. The molecule has 1 aromatic heterocycles. The lowest BCUT2D eigenvalue weighted by Crippen LogP contribution is -2.43. The number of likely N-dealkylation sites (tertiary alicyclic amines) is 1. The van der Waals surface area contributed by atoms with E-state index in [1.54, 1.807) is 0 Å². The van der Waals surface area contributed by atoms with E-state index in [2.05, 4.69) is 46.1 Å². The van der Waals surface area contributed by atoms with Crippen molar-refractivity contribution >= 4 is 16.9 Å². The Morgan fingerprint density at radius 2 is 1.93 bits per heavy atom. The molecule has 0 bridgehead atoms. The number of hydrogen-bond donors (Lipinski definition) is 1. The van der Waals surface area contributed by atoms with Gasteiger partial charge < -0.3 is 9.88 Å². The van der Waals surface area contributed by atoms with E-state index in [4.69, 9.17) is 4.98 Å². The van der Waals surface area contributed by atoms with Crippen LogP contribution in [0.5, 0.6) is 0 Å². The van der Waals surface area contributed by atoms with Gasteiger partial charge in [-0.05, 0) is 44.0 Å². The van der Waals surface area contributed by atoms with Gasteiger partial charge in [-0.2, -0.15) is 0 Å². The van der Waals surface area contributed by atoms with Crippen molar-refractivity contribution in [2.24, 2.45) is 13.0 Å². The van der Waals surface area contributed by atoms with Gasteiger partial charge in [0.15, 0.2) is 0 Å². The topological polar surface area (TPSA) is 50.2 Å². The quantitative estimate of drug-likeness (QED) is 0.739. The van der Waals surface area contributed by atoms with Gasteiger partial charge >= 0.3 is 0 Å². The van der Waals surface area contributed by atoms with Crippen molar-refractivity contribution in [3.05, 3.63) is 66.0 Å². The lowest BCUT2D eigenvalue weighted by Gasteiger charge is -2.32. The molecular formula is C23H28N4O. The number of rotatable bonds is 5. The summed E-state index contributed by atoms with van der Waals surface area (Å²) in [6.45, 7) is 4.63. The summed E-state index contributed by atoms with van der Waals surface area (Å²) in [5.74, 6) is 1.25. The first-order chi connectivity index (χ1) is 13.6. The van der Waals surface area contributed by atoms with E-state index in [1.807, 2.05) is 37.3 Å². The molecule has 28 heavy (non-hydrogen) atoms.